The van der Waals surface area contributed by atoms with Gasteiger partial charge in [0.25, 0.3) is 0 Å². The molecule has 0 aromatic heterocycles. The minimum atomic E-state index is -0.0142. The van der Waals surface area contributed by atoms with Crippen LogP contribution in [0.5, 0.6) is 0 Å². The molecule has 0 radical (unpaired) electrons. The van der Waals surface area contributed by atoms with Gasteiger partial charge in [0.2, 0.25) is 5.91 Å². The highest BCUT2D eigenvalue weighted by Gasteiger charge is 2.04. The van der Waals surface area contributed by atoms with Gasteiger partial charge in [0, 0.05) is 16.3 Å². The third-order valence-electron chi connectivity index (χ3n) is 2.91. The topological polar surface area (TPSA) is 52.9 Å². The Balaban J connectivity index is 1.81. The van der Waals surface area contributed by atoms with E-state index in [0.29, 0.717) is 17.1 Å². The largest absolute Gasteiger partial charge is 0.325 e. The Bertz CT molecular complexity index is 695. The SMILES string of the molecule is CSc1cccc(NC(=O)CSCc2cccc(C#N)c2)c1. The first-order chi connectivity index (χ1) is 10.7. The van der Waals surface area contributed by atoms with Crippen molar-refractivity contribution in [1.29, 1.82) is 5.26 Å². The fraction of sp³-hybridized carbons (Fsp3) is 0.176. The summed E-state index contributed by atoms with van der Waals surface area (Å²) in [6.45, 7) is 0. The Hall–Kier alpha value is -1.90. The number of carbonyl (C=O) groups is 1. The van der Waals surface area contributed by atoms with Crippen LogP contribution in [0.15, 0.2) is 53.4 Å². The van der Waals surface area contributed by atoms with Crippen LogP contribution in [-0.2, 0) is 10.5 Å². The lowest BCUT2D eigenvalue weighted by atomic mass is 10.2. The number of amides is 1. The van der Waals surface area contributed by atoms with Crippen LogP contribution in [-0.4, -0.2) is 17.9 Å². The minimum Gasteiger partial charge on any atom is -0.325 e. The van der Waals surface area contributed by atoms with Crippen molar-refractivity contribution >= 4 is 35.1 Å². The van der Waals surface area contributed by atoms with Gasteiger partial charge in [-0.1, -0.05) is 18.2 Å². The average molecular weight is 328 g/mol. The maximum absolute atomic E-state index is 11.9. The van der Waals surface area contributed by atoms with Gasteiger partial charge in [-0.15, -0.1) is 23.5 Å². The number of nitrogens with one attached hydrogen (secondary N) is 1. The molecule has 2 rings (SSSR count). The lowest BCUT2D eigenvalue weighted by Crippen LogP contribution is -2.14. The summed E-state index contributed by atoms with van der Waals surface area (Å²) in [4.78, 5) is 13.1. The van der Waals surface area contributed by atoms with Crippen molar-refractivity contribution in [1.82, 2.24) is 0 Å². The van der Waals surface area contributed by atoms with E-state index in [4.69, 9.17) is 5.26 Å². The molecule has 0 fully saturated rings. The number of thioether (sulfide) groups is 2. The molecule has 0 aliphatic carbocycles. The summed E-state index contributed by atoms with van der Waals surface area (Å²) in [5, 5.41) is 11.8. The van der Waals surface area contributed by atoms with Gasteiger partial charge >= 0.3 is 0 Å². The van der Waals surface area contributed by atoms with Crippen LogP contribution in [0.25, 0.3) is 0 Å². The smallest absolute Gasteiger partial charge is 0.234 e. The van der Waals surface area contributed by atoms with E-state index in [2.05, 4.69) is 11.4 Å². The number of hydrogen-bond donors (Lipinski definition) is 1. The molecule has 0 aliphatic heterocycles. The molecule has 2 aromatic carbocycles. The summed E-state index contributed by atoms with van der Waals surface area (Å²) in [5.41, 5.74) is 2.53. The van der Waals surface area contributed by atoms with Crippen molar-refractivity contribution in [3.05, 3.63) is 59.7 Å². The van der Waals surface area contributed by atoms with E-state index in [1.807, 2.05) is 48.7 Å². The van der Waals surface area contributed by atoms with Gasteiger partial charge in [0.1, 0.15) is 0 Å². The summed E-state index contributed by atoms with van der Waals surface area (Å²) in [6.07, 6.45) is 2.01. The number of benzene rings is 2. The molecule has 112 valence electrons. The first-order valence-corrected chi connectivity index (χ1v) is 9.10. The van der Waals surface area contributed by atoms with Crippen molar-refractivity contribution in [2.45, 2.75) is 10.6 Å². The molecule has 0 atom stereocenters. The van der Waals surface area contributed by atoms with Gasteiger partial charge in [-0.2, -0.15) is 5.26 Å². The molecule has 0 bridgehead atoms. The molecule has 0 spiro atoms. The van der Waals surface area contributed by atoms with Gasteiger partial charge in [-0.3, -0.25) is 4.79 Å². The second-order valence-corrected chi connectivity index (χ2v) is 6.45. The quantitative estimate of drug-likeness (QED) is 0.809. The normalized spacial score (nSPS) is 10.0. The molecule has 0 aliphatic rings. The zero-order chi connectivity index (χ0) is 15.8. The lowest BCUT2D eigenvalue weighted by molar-refractivity contribution is -0.113. The van der Waals surface area contributed by atoms with Crippen LogP contribution in [0.3, 0.4) is 0 Å². The van der Waals surface area contributed by atoms with Gasteiger partial charge in [0.15, 0.2) is 0 Å². The van der Waals surface area contributed by atoms with Crippen LogP contribution >= 0.6 is 23.5 Å². The third kappa shape index (κ3) is 5.14. The van der Waals surface area contributed by atoms with Crippen molar-refractivity contribution in [3.8, 4) is 6.07 Å². The summed E-state index contributed by atoms with van der Waals surface area (Å²) in [5.74, 6) is 1.09. The molecule has 5 heteroatoms. The van der Waals surface area contributed by atoms with Gasteiger partial charge in [-0.05, 0) is 42.2 Å². The highest BCUT2D eigenvalue weighted by Crippen LogP contribution is 2.19. The van der Waals surface area contributed by atoms with E-state index in [-0.39, 0.29) is 5.91 Å². The van der Waals surface area contributed by atoms with E-state index in [9.17, 15) is 4.79 Å². The predicted molar refractivity (Wildman–Crippen MR) is 94.2 cm³/mol. The number of hydrogen-bond acceptors (Lipinski definition) is 4. The van der Waals surface area contributed by atoms with E-state index in [1.54, 1.807) is 17.8 Å². The fourth-order valence-electron chi connectivity index (χ4n) is 1.89. The van der Waals surface area contributed by atoms with Crippen LogP contribution in [0.2, 0.25) is 0 Å². The van der Waals surface area contributed by atoms with E-state index < -0.39 is 0 Å². The number of carbonyl (C=O) groups excluding carboxylic acids is 1. The summed E-state index contributed by atoms with van der Waals surface area (Å²) < 4.78 is 0. The average Bonchev–Trinajstić information content (AvgIpc) is 2.55. The number of anilines is 1. The molecule has 0 saturated carbocycles. The Kier molecular flexibility index (Phi) is 6.38. The Morgan fingerprint density at radius 1 is 1.23 bits per heavy atom. The summed E-state index contributed by atoms with van der Waals surface area (Å²) in [7, 11) is 0. The van der Waals surface area contributed by atoms with Crippen LogP contribution in [0.1, 0.15) is 11.1 Å². The predicted octanol–water partition coefficient (Wildman–Crippen LogP) is 4.15. The molecule has 22 heavy (non-hydrogen) atoms. The first-order valence-electron chi connectivity index (χ1n) is 6.72. The van der Waals surface area contributed by atoms with Gasteiger partial charge in [0.05, 0.1) is 17.4 Å². The Labute approximate surface area is 139 Å². The van der Waals surface area contributed by atoms with E-state index >= 15 is 0 Å². The Morgan fingerprint density at radius 3 is 2.82 bits per heavy atom. The monoisotopic (exact) mass is 328 g/mol. The standard InChI is InChI=1S/C17H16N2OS2/c1-21-16-7-3-6-15(9-16)19-17(20)12-22-11-14-5-2-4-13(8-14)10-18/h2-9H,11-12H2,1H3,(H,19,20). The summed E-state index contributed by atoms with van der Waals surface area (Å²) in [6, 6.07) is 17.4. The van der Waals surface area contributed by atoms with Crippen molar-refractivity contribution < 1.29 is 4.79 Å². The molecule has 0 heterocycles. The second kappa shape index (κ2) is 8.52. The van der Waals surface area contributed by atoms with Crippen LogP contribution < -0.4 is 5.32 Å². The van der Waals surface area contributed by atoms with E-state index in [1.165, 1.54) is 11.8 Å². The van der Waals surface area contributed by atoms with E-state index in [0.717, 1.165) is 16.1 Å². The summed E-state index contributed by atoms with van der Waals surface area (Å²) >= 11 is 3.18. The maximum atomic E-state index is 11.9. The highest BCUT2D eigenvalue weighted by molar-refractivity contribution is 7.99. The number of rotatable bonds is 6. The maximum Gasteiger partial charge on any atom is 0.234 e. The highest BCUT2D eigenvalue weighted by atomic mass is 32.2. The Morgan fingerprint density at radius 2 is 2.05 bits per heavy atom. The van der Waals surface area contributed by atoms with Crippen molar-refractivity contribution in [2.24, 2.45) is 0 Å². The third-order valence-corrected chi connectivity index (χ3v) is 4.64. The van der Waals surface area contributed by atoms with Gasteiger partial charge in [-0.25, -0.2) is 0 Å². The molecule has 2 aromatic rings. The van der Waals surface area contributed by atoms with Crippen LogP contribution in [0, 0.1) is 11.3 Å². The zero-order valence-electron chi connectivity index (χ0n) is 12.2. The lowest BCUT2D eigenvalue weighted by Gasteiger charge is -2.06. The number of nitriles is 1. The first kappa shape index (κ1) is 16.5. The molecule has 3 nitrogen and oxygen atoms in total. The minimum absolute atomic E-state index is 0.0142. The molecular weight excluding hydrogens is 312 g/mol. The molecule has 0 saturated heterocycles. The number of nitrogens with zero attached hydrogens (tertiary/aromatic N) is 1. The molecular formula is C17H16N2OS2. The van der Waals surface area contributed by atoms with Gasteiger partial charge < -0.3 is 5.32 Å². The molecule has 1 amide bonds. The zero-order valence-corrected chi connectivity index (χ0v) is 13.8. The molecule has 1 N–H and O–H groups in total. The van der Waals surface area contributed by atoms with Crippen LogP contribution in [0.4, 0.5) is 5.69 Å². The molecule has 0 unspecified atom stereocenters. The fourth-order valence-corrected chi connectivity index (χ4v) is 3.12. The van der Waals surface area contributed by atoms with Crippen molar-refractivity contribution in [2.75, 3.05) is 17.3 Å². The second-order valence-electron chi connectivity index (χ2n) is 4.59. The van der Waals surface area contributed by atoms with Crippen molar-refractivity contribution in [3.63, 3.8) is 0 Å².